The minimum Gasteiger partial charge on any atom is -0.432 e. The largest absolute Gasteiger partial charge is 0.432 e. The first-order chi connectivity index (χ1) is 10.6. The zero-order valence-corrected chi connectivity index (χ0v) is 15.1. The van der Waals surface area contributed by atoms with Gasteiger partial charge in [-0.05, 0) is 36.9 Å². The van der Waals surface area contributed by atoms with Gasteiger partial charge in [-0.15, -0.1) is 0 Å². The molecule has 130 valence electrons. The highest BCUT2D eigenvalue weighted by Gasteiger charge is 2.31. The lowest BCUT2D eigenvalue weighted by atomic mass is 10.3. The predicted molar refractivity (Wildman–Crippen MR) is 87.6 cm³/mol. The topological polar surface area (TPSA) is 63.8 Å². The van der Waals surface area contributed by atoms with Crippen molar-refractivity contribution in [2.75, 3.05) is 39.6 Å². The van der Waals surface area contributed by atoms with Crippen LogP contribution in [0.1, 0.15) is 26.7 Å². The van der Waals surface area contributed by atoms with E-state index in [-0.39, 0.29) is 0 Å². The van der Waals surface area contributed by atoms with Crippen molar-refractivity contribution in [3.05, 3.63) is 0 Å². The molecule has 0 spiro atoms. The molecule has 2 rings (SSSR count). The van der Waals surface area contributed by atoms with Gasteiger partial charge >= 0.3 is 0 Å². The van der Waals surface area contributed by atoms with Gasteiger partial charge in [-0.2, -0.15) is 0 Å². The second-order valence-corrected chi connectivity index (χ2v) is 10.9. The number of rotatable bonds is 14. The fraction of sp³-hybridized carbons (Fsp3) is 1.00. The maximum atomic E-state index is 11.0. The Kier molecular flexibility index (Phi) is 7.80. The van der Waals surface area contributed by atoms with Crippen molar-refractivity contribution in [3.63, 3.8) is 0 Å². The Hall–Kier alpha value is 0.0169. The molecule has 2 fully saturated rings. The average Bonchev–Trinajstić information content (AvgIpc) is 3.32. The van der Waals surface area contributed by atoms with Gasteiger partial charge in [0.2, 0.25) is 0 Å². The van der Waals surface area contributed by atoms with Crippen LogP contribution in [0.2, 0.25) is 18.1 Å². The maximum Gasteiger partial charge on any atom is 0.189 e. The summed E-state index contributed by atoms with van der Waals surface area (Å²) in [5.74, 6) is 0.554. The molecule has 0 radical (unpaired) electrons. The number of hydrogen-bond acceptors (Lipinski definition) is 5. The molecule has 22 heavy (non-hydrogen) atoms. The van der Waals surface area contributed by atoms with E-state index in [0.717, 1.165) is 57.4 Å². The second-order valence-electron chi connectivity index (χ2n) is 7.09. The standard InChI is InChI=1S/C16H32O5Si/c1-14(2)13-22(17,7-3-5-18-9-15-11-20-15)8-4-6-19-10-16-12-21-16/h14-17H,3-13H2,1-2H3. The third-order valence-electron chi connectivity index (χ3n) is 4.06. The average molecular weight is 333 g/mol. The molecule has 5 nitrogen and oxygen atoms in total. The van der Waals surface area contributed by atoms with Crippen molar-refractivity contribution in [1.82, 2.24) is 0 Å². The van der Waals surface area contributed by atoms with Crippen molar-refractivity contribution in [1.29, 1.82) is 0 Å². The molecule has 0 aromatic rings. The molecule has 2 aliphatic rings. The van der Waals surface area contributed by atoms with Crippen LogP contribution >= 0.6 is 0 Å². The fourth-order valence-electron chi connectivity index (χ4n) is 2.85. The molecule has 0 aromatic carbocycles. The van der Waals surface area contributed by atoms with E-state index in [1.54, 1.807) is 0 Å². The summed E-state index contributed by atoms with van der Waals surface area (Å²) in [4.78, 5) is 11.0. The van der Waals surface area contributed by atoms with Crippen LogP contribution in [0.3, 0.4) is 0 Å². The smallest absolute Gasteiger partial charge is 0.189 e. The van der Waals surface area contributed by atoms with E-state index in [1.807, 2.05) is 0 Å². The summed E-state index contributed by atoms with van der Waals surface area (Å²) in [5, 5.41) is 0. The first-order valence-electron chi connectivity index (χ1n) is 8.68. The van der Waals surface area contributed by atoms with Crippen molar-refractivity contribution in [2.45, 2.75) is 57.0 Å². The molecular formula is C16H32O5Si. The normalized spacial score (nSPS) is 26.2. The molecule has 0 amide bonds. The van der Waals surface area contributed by atoms with Crippen molar-refractivity contribution >= 4 is 8.32 Å². The molecule has 0 aromatic heterocycles. The summed E-state index contributed by atoms with van der Waals surface area (Å²) in [7, 11) is -2.16. The molecule has 0 aliphatic carbocycles. The Morgan fingerprint density at radius 3 is 1.82 bits per heavy atom. The van der Waals surface area contributed by atoms with Crippen LogP contribution < -0.4 is 0 Å². The van der Waals surface area contributed by atoms with Crippen LogP contribution in [0.25, 0.3) is 0 Å². The van der Waals surface area contributed by atoms with E-state index >= 15 is 0 Å². The summed E-state index contributed by atoms with van der Waals surface area (Å²) in [5.41, 5.74) is 0. The Bertz CT molecular complexity index is 283. The van der Waals surface area contributed by atoms with Crippen LogP contribution in [-0.4, -0.2) is 65.0 Å². The van der Waals surface area contributed by atoms with E-state index in [9.17, 15) is 4.80 Å². The van der Waals surface area contributed by atoms with Crippen LogP contribution in [-0.2, 0) is 18.9 Å². The predicted octanol–water partition coefficient (Wildman–Crippen LogP) is 2.19. The van der Waals surface area contributed by atoms with Crippen molar-refractivity contribution in [3.8, 4) is 0 Å². The lowest BCUT2D eigenvalue weighted by Crippen LogP contribution is -2.36. The summed E-state index contributed by atoms with van der Waals surface area (Å²) in [6, 6.07) is 2.84. The third kappa shape index (κ3) is 8.60. The highest BCUT2D eigenvalue weighted by Crippen LogP contribution is 2.26. The first-order valence-corrected chi connectivity index (χ1v) is 11.3. The van der Waals surface area contributed by atoms with E-state index < -0.39 is 8.32 Å². The van der Waals surface area contributed by atoms with Crippen LogP contribution in [0, 0.1) is 5.92 Å². The highest BCUT2D eigenvalue weighted by atomic mass is 28.4. The maximum absolute atomic E-state index is 11.0. The van der Waals surface area contributed by atoms with E-state index in [1.165, 1.54) is 0 Å². The Labute approximate surface area is 135 Å². The molecule has 0 saturated carbocycles. The summed E-state index contributed by atoms with van der Waals surface area (Å²) >= 11 is 0. The molecular weight excluding hydrogens is 300 g/mol. The lowest BCUT2D eigenvalue weighted by molar-refractivity contribution is 0.114. The molecule has 6 heteroatoms. The van der Waals surface area contributed by atoms with Gasteiger partial charge in [-0.25, -0.2) is 0 Å². The molecule has 2 atom stereocenters. The van der Waals surface area contributed by atoms with E-state index in [0.29, 0.717) is 31.3 Å². The van der Waals surface area contributed by atoms with Gasteiger partial charge in [-0.1, -0.05) is 13.8 Å². The number of hydrogen-bond donors (Lipinski definition) is 1. The molecule has 0 bridgehead atoms. The van der Waals surface area contributed by atoms with Crippen LogP contribution in [0.4, 0.5) is 0 Å². The van der Waals surface area contributed by atoms with Crippen LogP contribution in [0.15, 0.2) is 0 Å². The minimum atomic E-state index is -2.16. The number of ether oxygens (including phenoxy) is 4. The third-order valence-corrected chi connectivity index (χ3v) is 8.21. The summed E-state index contributed by atoms with van der Waals surface area (Å²) < 4.78 is 21.4. The second kappa shape index (κ2) is 9.35. The Morgan fingerprint density at radius 2 is 1.45 bits per heavy atom. The van der Waals surface area contributed by atoms with Crippen molar-refractivity contribution < 1.29 is 23.7 Å². The monoisotopic (exact) mass is 332 g/mol. The zero-order valence-electron chi connectivity index (χ0n) is 14.1. The molecule has 2 unspecified atom stereocenters. The Morgan fingerprint density at radius 1 is 1.00 bits per heavy atom. The van der Waals surface area contributed by atoms with Gasteiger partial charge in [0.15, 0.2) is 8.32 Å². The van der Waals surface area contributed by atoms with Crippen LogP contribution in [0.5, 0.6) is 0 Å². The molecule has 1 N–H and O–H groups in total. The highest BCUT2D eigenvalue weighted by molar-refractivity contribution is 6.72. The SMILES string of the molecule is CC(C)C[Si](O)(CCCOCC1CO1)CCCOCC1CO1. The lowest BCUT2D eigenvalue weighted by Gasteiger charge is -2.27. The molecule has 2 aliphatic heterocycles. The fourth-order valence-corrected chi connectivity index (χ4v) is 6.64. The Balaban J connectivity index is 1.55. The van der Waals surface area contributed by atoms with Gasteiger partial charge in [-0.3, -0.25) is 0 Å². The van der Waals surface area contributed by atoms with Gasteiger partial charge in [0, 0.05) is 13.2 Å². The minimum absolute atomic E-state index is 0.333. The van der Waals surface area contributed by atoms with Gasteiger partial charge in [0.25, 0.3) is 0 Å². The quantitative estimate of drug-likeness (QED) is 0.300. The van der Waals surface area contributed by atoms with Gasteiger partial charge in [0.05, 0.1) is 26.4 Å². The van der Waals surface area contributed by atoms with Gasteiger partial charge in [0.1, 0.15) is 12.2 Å². The summed E-state index contributed by atoms with van der Waals surface area (Å²) in [6.45, 7) is 8.98. The summed E-state index contributed by atoms with van der Waals surface area (Å²) in [6.07, 6.45) is 2.58. The first kappa shape index (κ1) is 18.4. The molecule has 2 heterocycles. The number of epoxide rings is 2. The van der Waals surface area contributed by atoms with Crippen molar-refractivity contribution in [2.24, 2.45) is 5.92 Å². The van der Waals surface area contributed by atoms with Gasteiger partial charge < -0.3 is 23.7 Å². The van der Waals surface area contributed by atoms with E-state index in [4.69, 9.17) is 18.9 Å². The zero-order chi connectivity index (χ0) is 15.8. The van der Waals surface area contributed by atoms with E-state index in [2.05, 4.69) is 13.8 Å². The molecule has 2 saturated heterocycles.